The predicted molar refractivity (Wildman–Crippen MR) is 92.2 cm³/mol. The number of halogens is 18. The lowest BCUT2D eigenvalue weighted by molar-refractivity contribution is -0.655. The number of aliphatic hydroxyl groups is 1. The van der Waals surface area contributed by atoms with E-state index < -0.39 is 101 Å². The largest absolute Gasteiger partial charge is 0.542 e. The van der Waals surface area contributed by atoms with Gasteiger partial charge in [0.25, 0.3) is 11.3 Å². The maximum atomic E-state index is 15.4. The van der Waals surface area contributed by atoms with Crippen molar-refractivity contribution in [3.8, 4) is 0 Å². The van der Waals surface area contributed by atoms with Crippen LogP contribution in [-0.4, -0.2) is 89.5 Å². The molecule has 6 nitrogen and oxygen atoms in total. The van der Waals surface area contributed by atoms with E-state index in [0.29, 0.717) is 0 Å². The number of carbonyl (C=O) groups excluding carboxylic acids is 2. The van der Waals surface area contributed by atoms with Crippen molar-refractivity contribution in [2.45, 2.75) is 66.2 Å². The minimum Gasteiger partial charge on any atom is -0.450 e. The quantitative estimate of drug-likeness (QED) is 0.168. The first-order valence-corrected chi connectivity index (χ1v) is 10.5. The second kappa shape index (κ2) is 8.33. The molecule has 4 rings (SSSR count). The Morgan fingerprint density at radius 1 is 0.698 bits per heavy atom. The van der Waals surface area contributed by atoms with Gasteiger partial charge in [-0.1, -0.05) is 6.58 Å². The van der Waals surface area contributed by atoms with E-state index in [-0.39, 0.29) is 0 Å². The van der Waals surface area contributed by atoms with Crippen molar-refractivity contribution in [2.24, 2.45) is 10.8 Å². The third-order valence-electron chi connectivity index (χ3n) is 7.44. The Labute approximate surface area is 223 Å². The van der Waals surface area contributed by atoms with Crippen LogP contribution < -0.4 is 0 Å². The monoisotopic (exact) mass is 676 g/mol. The Balaban J connectivity index is 2.37. The predicted octanol–water partition coefficient (Wildman–Crippen LogP) is 5.04. The van der Waals surface area contributed by atoms with Crippen LogP contribution in [0.3, 0.4) is 0 Å². The summed E-state index contributed by atoms with van der Waals surface area (Å²) < 4.78 is 277. The molecule has 4 fully saturated rings. The minimum atomic E-state index is -8.66. The van der Waals surface area contributed by atoms with Gasteiger partial charge in [-0.3, -0.25) is 0 Å². The molecule has 2 atom stereocenters. The maximum absolute atomic E-state index is 15.4. The molecule has 4 aliphatic rings. The molecule has 0 aromatic carbocycles. The van der Waals surface area contributed by atoms with Crippen LogP contribution in [0.1, 0.15) is 6.92 Å². The zero-order valence-corrected chi connectivity index (χ0v) is 19.9. The average Bonchev–Trinajstić information content (AvgIpc) is 2.76. The summed E-state index contributed by atoms with van der Waals surface area (Å²) in [6.45, 7) is -2.56. The number of aliphatic hydroxyl groups excluding tert-OH is 1. The molecular weight excluding hydrogens is 666 g/mol. The molecule has 1 N–H and O–H groups in total. The van der Waals surface area contributed by atoms with Crippen molar-refractivity contribution in [3.05, 3.63) is 12.2 Å². The topological polar surface area (TPSA) is 82.1 Å². The molecule has 2 unspecified atom stereocenters. The van der Waals surface area contributed by atoms with Crippen molar-refractivity contribution < 1.29 is 108 Å². The number of ether oxygens (including phenoxy) is 3. The average molecular weight is 676 g/mol. The Bertz CT molecular complexity index is 1220. The molecule has 0 spiro atoms. The van der Waals surface area contributed by atoms with Gasteiger partial charge in [-0.2, -0.15) is 17.6 Å². The number of hydrogen-bond acceptors (Lipinski definition) is 6. The van der Waals surface area contributed by atoms with Crippen LogP contribution in [0.15, 0.2) is 12.2 Å². The van der Waals surface area contributed by atoms with Crippen molar-refractivity contribution in [2.75, 3.05) is 13.2 Å². The normalized spacial score (nSPS) is 37.5. The molecule has 0 aromatic heterocycles. The summed E-state index contributed by atoms with van der Waals surface area (Å²) in [5.41, 5.74) is -33.2. The van der Waals surface area contributed by atoms with Crippen LogP contribution in [-0.2, 0) is 23.8 Å². The number of esters is 2. The summed E-state index contributed by atoms with van der Waals surface area (Å²) in [5.74, 6) is -54.6. The van der Waals surface area contributed by atoms with Gasteiger partial charge < -0.3 is 14.6 Å². The first-order valence-electron chi connectivity index (χ1n) is 10.5. The van der Waals surface area contributed by atoms with Crippen LogP contribution in [0.25, 0.3) is 0 Å². The molecule has 0 heterocycles. The van der Waals surface area contributed by atoms with Gasteiger partial charge in [-0.25, -0.2) is 67.0 Å². The smallest absolute Gasteiger partial charge is 0.450 e. The van der Waals surface area contributed by atoms with Gasteiger partial charge in [0, 0.05) is 5.57 Å². The standard InChI is InChI=1S/C19H10F18O6/c1-5(2)7(40)41-3-6(39)42-19(36,37)43-18(34,35)9-12(22,23)8(4-38)13(24,25)10(20,15(9,28)29)17(32,33)11(21,14(8,26)27)16(9,30)31/h38H,1,3-4H2,2H3. The molecular formula is C19H10F18O6. The molecule has 4 bridgehead atoms. The Morgan fingerprint density at radius 3 is 1.44 bits per heavy atom. The summed E-state index contributed by atoms with van der Waals surface area (Å²) in [6, 6.07) is 0. The van der Waals surface area contributed by atoms with E-state index in [0.717, 1.165) is 6.92 Å². The molecule has 4 aliphatic carbocycles. The van der Waals surface area contributed by atoms with Gasteiger partial charge in [0.1, 0.15) is 0 Å². The van der Waals surface area contributed by atoms with E-state index in [1.165, 1.54) is 0 Å². The second-order valence-corrected chi connectivity index (χ2v) is 9.49. The van der Waals surface area contributed by atoms with Gasteiger partial charge in [0.2, 0.25) is 0 Å². The van der Waals surface area contributed by atoms with Crippen LogP contribution in [0.4, 0.5) is 79.0 Å². The highest BCUT2D eigenvalue weighted by atomic mass is 19.3. The fourth-order valence-electron chi connectivity index (χ4n) is 5.53. The molecule has 248 valence electrons. The van der Waals surface area contributed by atoms with Crippen molar-refractivity contribution in [1.29, 1.82) is 0 Å². The lowest BCUT2D eigenvalue weighted by Crippen LogP contribution is -3.08. The second-order valence-electron chi connectivity index (χ2n) is 9.49. The third-order valence-corrected chi connectivity index (χ3v) is 7.44. The number of hydrogen-bond donors (Lipinski definition) is 1. The molecule has 24 heteroatoms. The summed E-state index contributed by atoms with van der Waals surface area (Å²) >= 11 is 0. The number of alkyl halides is 18. The fraction of sp³-hybridized carbons (Fsp3) is 0.789. The Kier molecular flexibility index (Phi) is 6.74. The Morgan fingerprint density at radius 2 is 1.09 bits per heavy atom. The van der Waals surface area contributed by atoms with E-state index in [1.807, 2.05) is 4.74 Å². The SMILES string of the molecule is C=C(C)C(=O)OCC(=O)OC(F)(F)OC(F)(F)C12C(F)(F)C3(F)C(F)(F)C(F)(C(F)(F)C(CO)(C3(F)F)C1(F)F)C2(F)F. The van der Waals surface area contributed by atoms with E-state index in [2.05, 4.69) is 16.1 Å². The van der Waals surface area contributed by atoms with Crippen LogP contribution in [0, 0.1) is 10.8 Å². The van der Waals surface area contributed by atoms with Crippen molar-refractivity contribution in [1.82, 2.24) is 0 Å². The van der Waals surface area contributed by atoms with Gasteiger partial charge in [-0.15, -0.1) is 8.78 Å². The maximum Gasteiger partial charge on any atom is 0.542 e. The zero-order valence-electron chi connectivity index (χ0n) is 19.9. The molecule has 0 radical (unpaired) electrons. The molecule has 0 aromatic rings. The minimum absolute atomic E-state index is 0.598. The third kappa shape index (κ3) is 2.91. The fourth-order valence-corrected chi connectivity index (χ4v) is 5.53. The van der Waals surface area contributed by atoms with Crippen molar-refractivity contribution in [3.63, 3.8) is 0 Å². The summed E-state index contributed by atoms with van der Waals surface area (Å²) in [5, 5.41) is 8.99. The highest BCUT2D eigenvalue weighted by molar-refractivity contribution is 5.88. The molecule has 43 heavy (non-hydrogen) atoms. The summed E-state index contributed by atoms with van der Waals surface area (Å²) in [6.07, 6.45) is -15.2. The van der Waals surface area contributed by atoms with Gasteiger partial charge in [-0.05, 0) is 6.92 Å². The van der Waals surface area contributed by atoms with Crippen LogP contribution in [0.2, 0.25) is 0 Å². The van der Waals surface area contributed by atoms with Crippen LogP contribution in [0.5, 0.6) is 0 Å². The van der Waals surface area contributed by atoms with E-state index >= 15 is 43.9 Å². The lowest BCUT2D eigenvalue weighted by atomic mass is 9.32. The first-order chi connectivity index (χ1) is 18.7. The van der Waals surface area contributed by atoms with Gasteiger partial charge >= 0.3 is 65.3 Å². The van der Waals surface area contributed by atoms with Crippen LogP contribution >= 0.6 is 0 Å². The van der Waals surface area contributed by atoms with E-state index in [1.54, 1.807) is 0 Å². The number of carbonyl (C=O) groups is 2. The van der Waals surface area contributed by atoms with E-state index in [9.17, 15) is 44.7 Å². The molecule has 4 saturated carbocycles. The molecule has 0 aliphatic heterocycles. The van der Waals surface area contributed by atoms with E-state index in [4.69, 9.17) is 5.11 Å². The summed E-state index contributed by atoms with van der Waals surface area (Å²) in [4.78, 5) is 22.4. The van der Waals surface area contributed by atoms with Crippen molar-refractivity contribution >= 4 is 11.9 Å². The summed E-state index contributed by atoms with van der Waals surface area (Å²) in [7, 11) is 0. The zero-order chi connectivity index (χ0) is 34.3. The lowest BCUT2D eigenvalue weighted by Gasteiger charge is -2.77. The Hall–Kier alpha value is -2.66. The molecule has 0 saturated heterocycles. The van der Waals surface area contributed by atoms with Gasteiger partial charge in [0.15, 0.2) is 12.0 Å². The molecule has 0 amide bonds. The highest BCUT2D eigenvalue weighted by Gasteiger charge is 3.24. The first kappa shape index (κ1) is 34.8. The number of rotatable bonds is 8. The van der Waals surface area contributed by atoms with Gasteiger partial charge in [0.05, 0.1) is 6.61 Å². The highest BCUT2D eigenvalue weighted by Crippen LogP contribution is 2.94.